The second-order valence-corrected chi connectivity index (χ2v) is 4.65. The van der Waals surface area contributed by atoms with Crippen molar-refractivity contribution < 1.29 is 4.79 Å². The maximum Gasteiger partial charge on any atom is 0.221 e. The van der Waals surface area contributed by atoms with Crippen LogP contribution in [0.5, 0.6) is 0 Å². The first-order chi connectivity index (χ1) is 7.08. The van der Waals surface area contributed by atoms with Crippen molar-refractivity contribution in [2.45, 2.75) is 38.8 Å². The molecule has 4 nitrogen and oxygen atoms in total. The smallest absolute Gasteiger partial charge is 0.221 e. The van der Waals surface area contributed by atoms with Gasteiger partial charge >= 0.3 is 0 Å². The summed E-state index contributed by atoms with van der Waals surface area (Å²) in [5.74, 6) is 0.802. The highest BCUT2D eigenvalue weighted by molar-refractivity contribution is 5.76. The van der Waals surface area contributed by atoms with E-state index in [0.29, 0.717) is 19.0 Å². The first-order valence-electron chi connectivity index (χ1n) is 5.74. The van der Waals surface area contributed by atoms with E-state index in [1.165, 1.54) is 6.42 Å². The van der Waals surface area contributed by atoms with Gasteiger partial charge in [0, 0.05) is 38.6 Å². The van der Waals surface area contributed by atoms with Crippen LogP contribution < -0.4 is 11.1 Å². The van der Waals surface area contributed by atoms with Crippen molar-refractivity contribution in [3.63, 3.8) is 0 Å². The van der Waals surface area contributed by atoms with E-state index in [9.17, 15) is 4.79 Å². The molecule has 1 saturated heterocycles. The van der Waals surface area contributed by atoms with Crippen LogP contribution in [-0.4, -0.2) is 43.0 Å². The van der Waals surface area contributed by atoms with Crippen molar-refractivity contribution in [3.8, 4) is 0 Å². The van der Waals surface area contributed by atoms with Gasteiger partial charge in [0.15, 0.2) is 0 Å². The number of hydrogen-bond acceptors (Lipinski definition) is 3. The lowest BCUT2D eigenvalue weighted by atomic mass is 10.1. The third-order valence-corrected chi connectivity index (χ3v) is 3.27. The maximum absolute atomic E-state index is 11.3. The largest absolute Gasteiger partial charge is 0.359 e. The molecule has 0 aliphatic carbocycles. The van der Waals surface area contributed by atoms with Gasteiger partial charge in [0.05, 0.1) is 0 Å². The van der Waals surface area contributed by atoms with Crippen LogP contribution in [0.2, 0.25) is 0 Å². The number of nitrogens with two attached hydrogens (primary N) is 1. The average Bonchev–Trinajstić information content (AvgIpc) is 2.54. The number of carbonyl (C=O) groups is 1. The maximum atomic E-state index is 11.3. The Hall–Kier alpha value is -0.610. The van der Waals surface area contributed by atoms with Gasteiger partial charge in [0.25, 0.3) is 0 Å². The summed E-state index contributed by atoms with van der Waals surface area (Å²) in [6.45, 7) is 6.10. The van der Waals surface area contributed by atoms with Crippen LogP contribution >= 0.6 is 0 Å². The summed E-state index contributed by atoms with van der Waals surface area (Å²) in [5, 5.41) is 2.66. The molecule has 1 amide bonds. The normalized spacial score (nSPS) is 29.1. The molecule has 3 unspecified atom stereocenters. The van der Waals surface area contributed by atoms with E-state index >= 15 is 0 Å². The highest BCUT2D eigenvalue weighted by Gasteiger charge is 2.31. The van der Waals surface area contributed by atoms with E-state index in [-0.39, 0.29) is 11.9 Å². The molecule has 4 heteroatoms. The van der Waals surface area contributed by atoms with E-state index in [1.807, 2.05) is 0 Å². The first kappa shape index (κ1) is 12.5. The minimum atomic E-state index is 0.0807. The quantitative estimate of drug-likeness (QED) is 0.700. The third kappa shape index (κ3) is 3.18. The Bertz CT molecular complexity index is 220. The molecule has 1 aliphatic heterocycles. The monoisotopic (exact) mass is 213 g/mol. The van der Waals surface area contributed by atoms with E-state index in [2.05, 4.69) is 24.1 Å². The Labute approximate surface area is 92.2 Å². The molecular formula is C11H23N3O. The standard InChI is InChI=1S/C11H23N3O/c1-8-4-9(2)14(7-8)10(6-12)5-11(15)13-3/h8-10H,4-7,12H2,1-3H3,(H,13,15). The van der Waals surface area contributed by atoms with Gasteiger partial charge in [-0.15, -0.1) is 0 Å². The average molecular weight is 213 g/mol. The van der Waals surface area contributed by atoms with Crippen LogP contribution in [0.3, 0.4) is 0 Å². The number of rotatable bonds is 4. The van der Waals surface area contributed by atoms with Gasteiger partial charge < -0.3 is 11.1 Å². The molecule has 1 rings (SSSR count). The van der Waals surface area contributed by atoms with E-state index in [0.717, 1.165) is 12.5 Å². The SMILES string of the molecule is CNC(=O)CC(CN)N1CC(C)CC1C. The Kier molecular flexibility index (Phi) is 4.54. The lowest BCUT2D eigenvalue weighted by Gasteiger charge is -2.30. The molecule has 3 N–H and O–H groups in total. The molecule has 0 bridgehead atoms. The second kappa shape index (κ2) is 5.47. The molecular weight excluding hydrogens is 190 g/mol. The predicted octanol–water partition coefficient (Wildman–Crippen LogP) is 0.180. The fourth-order valence-electron chi connectivity index (χ4n) is 2.49. The van der Waals surface area contributed by atoms with Crippen LogP contribution in [0.25, 0.3) is 0 Å². The Balaban J connectivity index is 2.54. The molecule has 1 heterocycles. The number of nitrogens with zero attached hydrogens (tertiary/aromatic N) is 1. The zero-order chi connectivity index (χ0) is 11.4. The second-order valence-electron chi connectivity index (χ2n) is 4.65. The number of hydrogen-bond donors (Lipinski definition) is 2. The van der Waals surface area contributed by atoms with Crippen molar-refractivity contribution in [1.82, 2.24) is 10.2 Å². The van der Waals surface area contributed by atoms with Gasteiger partial charge in [0.2, 0.25) is 5.91 Å². The first-order valence-corrected chi connectivity index (χ1v) is 5.74. The Morgan fingerprint density at radius 2 is 2.27 bits per heavy atom. The summed E-state index contributed by atoms with van der Waals surface area (Å²) < 4.78 is 0. The van der Waals surface area contributed by atoms with Crippen molar-refractivity contribution in [2.75, 3.05) is 20.1 Å². The lowest BCUT2D eigenvalue weighted by Crippen LogP contribution is -2.45. The topological polar surface area (TPSA) is 58.4 Å². The Morgan fingerprint density at radius 1 is 1.60 bits per heavy atom. The highest BCUT2D eigenvalue weighted by Crippen LogP contribution is 2.25. The number of carbonyl (C=O) groups excluding carboxylic acids is 1. The molecule has 0 aromatic rings. The molecule has 0 aromatic carbocycles. The van der Waals surface area contributed by atoms with Gasteiger partial charge in [0.1, 0.15) is 0 Å². The van der Waals surface area contributed by atoms with Gasteiger partial charge in [-0.3, -0.25) is 9.69 Å². The highest BCUT2D eigenvalue weighted by atomic mass is 16.1. The lowest BCUT2D eigenvalue weighted by molar-refractivity contribution is -0.121. The van der Waals surface area contributed by atoms with Gasteiger partial charge in [-0.05, 0) is 19.3 Å². The molecule has 0 radical (unpaired) electrons. The summed E-state index contributed by atoms with van der Waals surface area (Å²) in [4.78, 5) is 13.7. The summed E-state index contributed by atoms with van der Waals surface area (Å²) >= 11 is 0. The zero-order valence-corrected chi connectivity index (χ0v) is 9.99. The van der Waals surface area contributed by atoms with E-state index < -0.39 is 0 Å². The van der Waals surface area contributed by atoms with E-state index in [1.54, 1.807) is 7.05 Å². The van der Waals surface area contributed by atoms with Crippen molar-refractivity contribution in [1.29, 1.82) is 0 Å². The van der Waals surface area contributed by atoms with Crippen molar-refractivity contribution in [3.05, 3.63) is 0 Å². The van der Waals surface area contributed by atoms with Gasteiger partial charge in [-0.1, -0.05) is 6.92 Å². The minimum Gasteiger partial charge on any atom is -0.359 e. The zero-order valence-electron chi connectivity index (χ0n) is 9.99. The number of nitrogens with one attached hydrogen (secondary N) is 1. The number of amides is 1. The molecule has 15 heavy (non-hydrogen) atoms. The molecule has 88 valence electrons. The molecule has 1 fully saturated rings. The van der Waals surface area contributed by atoms with Crippen LogP contribution in [0.1, 0.15) is 26.7 Å². The van der Waals surface area contributed by atoms with Crippen LogP contribution in [0.15, 0.2) is 0 Å². The minimum absolute atomic E-state index is 0.0807. The third-order valence-electron chi connectivity index (χ3n) is 3.27. The fraction of sp³-hybridized carbons (Fsp3) is 0.909. The summed E-state index contributed by atoms with van der Waals surface area (Å²) in [7, 11) is 1.67. The van der Waals surface area contributed by atoms with Crippen molar-refractivity contribution in [2.24, 2.45) is 11.7 Å². The summed E-state index contributed by atoms with van der Waals surface area (Å²) in [5.41, 5.74) is 5.74. The van der Waals surface area contributed by atoms with E-state index in [4.69, 9.17) is 5.73 Å². The van der Waals surface area contributed by atoms with Crippen molar-refractivity contribution >= 4 is 5.91 Å². The predicted molar refractivity (Wildman–Crippen MR) is 61.5 cm³/mol. The van der Waals surface area contributed by atoms with Crippen LogP contribution in [-0.2, 0) is 4.79 Å². The van der Waals surface area contributed by atoms with Gasteiger partial charge in [-0.25, -0.2) is 0 Å². The Morgan fingerprint density at radius 3 is 2.67 bits per heavy atom. The molecule has 0 saturated carbocycles. The molecule has 3 atom stereocenters. The van der Waals surface area contributed by atoms with Crippen LogP contribution in [0.4, 0.5) is 0 Å². The summed E-state index contributed by atoms with van der Waals surface area (Å²) in [6, 6.07) is 0.753. The molecule has 0 aromatic heterocycles. The van der Waals surface area contributed by atoms with Crippen LogP contribution in [0, 0.1) is 5.92 Å². The molecule has 1 aliphatic rings. The fourth-order valence-corrected chi connectivity index (χ4v) is 2.49. The van der Waals surface area contributed by atoms with Gasteiger partial charge in [-0.2, -0.15) is 0 Å². The summed E-state index contributed by atoms with van der Waals surface area (Å²) in [6.07, 6.45) is 1.73. The molecule has 0 spiro atoms. The number of likely N-dealkylation sites (tertiary alicyclic amines) is 1.